The highest BCUT2D eigenvalue weighted by molar-refractivity contribution is 5.96. The monoisotopic (exact) mass is 275 g/mol. The predicted molar refractivity (Wildman–Crippen MR) is 79.5 cm³/mol. The lowest BCUT2D eigenvalue weighted by atomic mass is 9.86. The maximum absolute atomic E-state index is 12.3. The molecule has 1 amide bonds. The third-order valence-corrected chi connectivity index (χ3v) is 3.77. The number of nitrogens with one attached hydrogen (secondary N) is 1. The maximum atomic E-state index is 12.3. The summed E-state index contributed by atoms with van der Waals surface area (Å²) in [6.45, 7) is 6.13. The fourth-order valence-electron chi connectivity index (χ4n) is 1.88. The lowest BCUT2D eigenvalue weighted by molar-refractivity contribution is -0.124. The molecule has 0 saturated carbocycles. The van der Waals surface area contributed by atoms with E-state index in [1.807, 2.05) is 39.0 Å². The number of carbonyl (C=O) groups excluding carboxylic acids is 1. The van der Waals surface area contributed by atoms with Crippen molar-refractivity contribution in [2.45, 2.75) is 33.6 Å². The number of benzene rings is 1. The lowest BCUT2D eigenvalue weighted by Gasteiger charge is -2.24. The normalized spacial score (nSPS) is 14.2. The van der Waals surface area contributed by atoms with Crippen LogP contribution in [0.1, 0.15) is 33.1 Å². The highest BCUT2D eigenvalue weighted by atomic mass is 16.3. The molecule has 108 valence electrons. The second-order valence-corrected chi connectivity index (χ2v) is 5.22. The van der Waals surface area contributed by atoms with Crippen LogP contribution in [-0.2, 0) is 11.2 Å². The minimum Gasteiger partial charge on any atom is -0.441 e. The molecule has 20 heavy (non-hydrogen) atoms. The van der Waals surface area contributed by atoms with Crippen LogP contribution in [0.25, 0.3) is 11.1 Å². The smallest absolute Gasteiger partial charge is 0.231 e. The van der Waals surface area contributed by atoms with Crippen molar-refractivity contribution in [3.8, 4) is 0 Å². The molecule has 1 heterocycles. The molecule has 0 aliphatic carbocycles. The average molecular weight is 275 g/mol. The first-order valence-corrected chi connectivity index (χ1v) is 6.93. The number of anilines is 1. The van der Waals surface area contributed by atoms with Crippen molar-refractivity contribution in [2.75, 3.05) is 11.9 Å². The lowest BCUT2D eigenvalue weighted by Crippen LogP contribution is -2.39. The van der Waals surface area contributed by atoms with Gasteiger partial charge in [-0.15, -0.1) is 0 Å². The van der Waals surface area contributed by atoms with E-state index in [1.54, 1.807) is 0 Å². The van der Waals surface area contributed by atoms with Crippen LogP contribution in [-0.4, -0.2) is 17.4 Å². The number of hydrogen-bond acceptors (Lipinski definition) is 4. The molecular formula is C15H21N3O2. The summed E-state index contributed by atoms with van der Waals surface area (Å²) < 4.78 is 5.54. The largest absolute Gasteiger partial charge is 0.441 e. The van der Waals surface area contributed by atoms with Gasteiger partial charge < -0.3 is 15.5 Å². The van der Waals surface area contributed by atoms with Crippen molar-refractivity contribution in [2.24, 2.45) is 11.1 Å². The van der Waals surface area contributed by atoms with Crippen LogP contribution in [0, 0.1) is 5.41 Å². The van der Waals surface area contributed by atoms with Crippen LogP contribution in [0.5, 0.6) is 0 Å². The van der Waals surface area contributed by atoms with Gasteiger partial charge >= 0.3 is 0 Å². The minimum atomic E-state index is -0.548. The topological polar surface area (TPSA) is 81.2 Å². The summed E-state index contributed by atoms with van der Waals surface area (Å²) in [5, 5.41) is 2.90. The Morgan fingerprint density at radius 1 is 1.45 bits per heavy atom. The summed E-state index contributed by atoms with van der Waals surface area (Å²) in [5.41, 5.74) is 7.35. The quantitative estimate of drug-likeness (QED) is 0.879. The zero-order chi connectivity index (χ0) is 14.8. The van der Waals surface area contributed by atoms with E-state index in [1.165, 1.54) is 0 Å². The first kappa shape index (κ1) is 14.5. The van der Waals surface area contributed by atoms with Crippen molar-refractivity contribution < 1.29 is 9.21 Å². The first-order valence-electron chi connectivity index (χ1n) is 6.93. The Labute approximate surface area is 118 Å². The van der Waals surface area contributed by atoms with Crippen LogP contribution < -0.4 is 11.1 Å². The molecule has 1 atom stereocenters. The molecule has 5 nitrogen and oxygen atoms in total. The number of fused-ring (bicyclic) bond motifs is 1. The van der Waals surface area contributed by atoms with Crippen molar-refractivity contribution in [3.05, 3.63) is 24.1 Å². The van der Waals surface area contributed by atoms with Gasteiger partial charge in [-0.2, -0.15) is 0 Å². The molecule has 1 aromatic heterocycles. The summed E-state index contributed by atoms with van der Waals surface area (Å²) in [6, 6.07) is 5.46. The molecule has 0 bridgehead atoms. The molecule has 2 rings (SSSR count). The van der Waals surface area contributed by atoms with Crippen LogP contribution in [0.2, 0.25) is 0 Å². The second kappa shape index (κ2) is 5.63. The second-order valence-electron chi connectivity index (χ2n) is 5.22. The molecule has 0 aliphatic heterocycles. The van der Waals surface area contributed by atoms with E-state index in [-0.39, 0.29) is 5.91 Å². The number of aryl methyl sites for hydroxylation is 1. The Hall–Kier alpha value is -1.88. The highest BCUT2D eigenvalue weighted by Gasteiger charge is 2.29. The molecule has 0 aliphatic rings. The van der Waals surface area contributed by atoms with Gasteiger partial charge in [0, 0.05) is 18.7 Å². The Bertz CT molecular complexity index is 615. The number of amides is 1. The predicted octanol–water partition coefficient (Wildman–Crippen LogP) is 2.70. The molecule has 1 aromatic carbocycles. The fraction of sp³-hybridized carbons (Fsp3) is 0.467. The van der Waals surface area contributed by atoms with Gasteiger partial charge in [-0.3, -0.25) is 4.79 Å². The summed E-state index contributed by atoms with van der Waals surface area (Å²) >= 11 is 0. The molecule has 2 aromatic rings. The number of hydrogen-bond donors (Lipinski definition) is 2. The van der Waals surface area contributed by atoms with Crippen LogP contribution in [0.4, 0.5) is 5.69 Å². The van der Waals surface area contributed by atoms with Gasteiger partial charge in [0.05, 0.1) is 5.41 Å². The molecule has 0 spiro atoms. The summed E-state index contributed by atoms with van der Waals surface area (Å²) in [5.74, 6) is 0.630. The zero-order valence-corrected chi connectivity index (χ0v) is 12.2. The summed E-state index contributed by atoms with van der Waals surface area (Å²) in [4.78, 5) is 16.6. The Morgan fingerprint density at radius 2 is 2.20 bits per heavy atom. The van der Waals surface area contributed by atoms with Crippen molar-refractivity contribution >= 4 is 22.7 Å². The van der Waals surface area contributed by atoms with Crippen molar-refractivity contribution in [1.29, 1.82) is 0 Å². The number of carbonyl (C=O) groups is 1. The molecule has 0 fully saturated rings. The summed E-state index contributed by atoms with van der Waals surface area (Å²) in [6.07, 6.45) is 1.44. The zero-order valence-electron chi connectivity index (χ0n) is 12.2. The van der Waals surface area contributed by atoms with Gasteiger partial charge in [0.1, 0.15) is 5.52 Å². The number of oxazole rings is 1. The molecule has 3 N–H and O–H groups in total. The van der Waals surface area contributed by atoms with Crippen LogP contribution >= 0.6 is 0 Å². The fourth-order valence-corrected chi connectivity index (χ4v) is 1.88. The van der Waals surface area contributed by atoms with Crippen molar-refractivity contribution in [1.82, 2.24) is 4.98 Å². The van der Waals surface area contributed by atoms with E-state index >= 15 is 0 Å². The van der Waals surface area contributed by atoms with Gasteiger partial charge in [0.2, 0.25) is 5.91 Å². The molecule has 5 heteroatoms. The Kier molecular flexibility index (Phi) is 4.09. The van der Waals surface area contributed by atoms with E-state index in [0.717, 1.165) is 17.5 Å². The number of rotatable bonds is 5. The van der Waals surface area contributed by atoms with Crippen LogP contribution in [0.3, 0.4) is 0 Å². The average Bonchev–Trinajstić information content (AvgIpc) is 2.88. The number of nitrogens with zero attached hydrogens (tertiary/aromatic N) is 1. The number of nitrogens with two attached hydrogens (primary N) is 1. The van der Waals surface area contributed by atoms with E-state index in [0.29, 0.717) is 24.5 Å². The molecule has 0 saturated heterocycles. The van der Waals surface area contributed by atoms with E-state index in [2.05, 4.69) is 10.3 Å². The van der Waals surface area contributed by atoms with Crippen LogP contribution in [0.15, 0.2) is 22.6 Å². The van der Waals surface area contributed by atoms with Gasteiger partial charge in [-0.1, -0.05) is 13.8 Å². The Balaban J connectivity index is 2.23. The van der Waals surface area contributed by atoms with Gasteiger partial charge in [0.25, 0.3) is 0 Å². The number of aromatic nitrogens is 1. The SMILES string of the molecule is CCc1nc2cc(NC(=O)C(C)(CC)CN)ccc2o1. The third kappa shape index (κ3) is 2.67. The van der Waals surface area contributed by atoms with E-state index in [9.17, 15) is 4.79 Å². The van der Waals surface area contributed by atoms with Crippen molar-refractivity contribution in [3.63, 3.8) is 0 Å². The molecule has 0 radical (unpaired) electrons. The van der Waals surface area contributed by atoms with Gasteiger partial charge in [0.15, 0.2) is 11.5 Å². The minimum absolute atomic E-state index is 0.0685. The van der Waals surface area contributed by atoms with Gasteiger partial charge in [-0.05, 0) is 31.5 Å². The highest BCUT2D eigenvalue weighted by Crippen LogP contribution is 2.24. The molecule has 1 unspecified atom stereocenters. The summed E-state index contributed by atoms with van der Waals surface area (Å²) in [7, 11) is 0. The first-order chi connectivity index (χ1) is 9.52. The standard InChI is InChI=1S/C15H21N3O2/c1-4-13-18-11-8-10(6-7-12(11)20-13)17-14(19)15(3,5-2)9-16/h6-8H,4-5,9,16H2,1-3H3,(H,17,19). The third-order valence-electron chi connectivity index (χ3n) is 3.77. The Morgan fingerprint density at radius 3 is 2.80 bits per heavy atom. The molecular weight excluding hydrogens is 254 g/mol. The van der Waals surface area contributed by atoms with E-state index in [4.69, 9.17) is 10.2 Å². The maximum Gasteiger partial charge on any atom is 0.231 e. The van der Waals surface area contributed by atoms with E-state index < -0.39 is 5.41 Å². The van der Waals surface area contributed by atoms with Gasteiger partial charge in [-0.25, -0.2) is 4.98 Å².